The number of carbonyl (C=O) groups excluding carboxylic acids is 1. The van der Waals surface area contributed by atoms with Crippen LogP contribution in [0.2, 0.25) is 0 Å². The van der Waals surface area contributed by atoms with Crippen molar-refractivity contribution in [3.8, 4) is 0 Å². The van der Waals surface area contributed by atoms with Crippen molar-refractivity contribution in [1.82, 2.24) is 9.88 Å². The van der Waals surface area contributed by atoms with Crippen molar-refractivity contribution in [1.29, 1.82) is 0 Å². The monoisotopic (exact) mass is 366 g/mol. The van der Waals surface area contributed by atoms with Gasteiger partial charge >= 0.3 is 0 Å². The molecule has 3 heterocycles. The predicted molar refractivity (Wildman–Crippen MR) is 89.7 cm³/mol. The zero-order valence-corrected chi connectivity index (χ0v) is 14.9. The number of alkyl halides is 2. The Morgan fingerprint density at radius 1 is 1.35 bits per heavy atom. The third kappa shape index (κ3) is 3.60. The first-order valence-electron chi connectivity index (χ1n) is 9.19. The molecule has 26 heavy (non-hydrogen) atoms. The number of aromatic nitrogens is 1. The normalized spacial score (nSPS) is 27.0. The second kappa shape index (κ2) is 6.53. The first kappa shape index (κ1) is 17.8. The number of aryl methyl sites for hydroxylation is 1. The summed E-state index contributed by atoms with van der Waals surface area (Å²) in [4.78, 5) is 18.3. The van der Waals surface area contributed by atoms with Crippen LogP contribution in [0.3, 0.4) is 0 Å². The Labute approximate surface area is 151 Å². The van der Waals surface area contributed by atoms with Crippen LogP contribution in [0, 0.1) is 12.8 Å². The third-order valence-electron chi connectivity index (χ3n) is 5.57. The van der Waals surface area contributed by atoms with E-state index in [1.165, 1.54) is 0 Å². The lowest BCUT2D eigenvalue weighted by atomic mass is 9.77. The lowest BCUT2D eigenvalue weighted by molar-refractivity contribution is -0.211. The lowest BCUT2D eigenvalue weighted by Gasteiger charge is -2.54. The number of ether oxygens (including phenoxy) is 2. The molecule has 0 N–H and O–H groups in total. The van der Waals surface area contributed by atoms with Gasteiger partial charge in [-0.15, -0.1) is 0 Å². The minimum absolute atomic E-state index is 0.0661. The molecule has 1 atom stereocenters. The molecule has 1 amide bonds. The van der Waals surface area contributed by atoms with Crippen molar-refractivity contribution in [2.75, 3.05) is 19.7 Å². The van der Waals surface area contributed by atoms with Crippen LogP contribution < -0.4 is 0 Å². The number of hydrogen-bond acceptors (Lipinski definition) is 4. The molecule has 0 aromatic carbocycles. The van der Waals surface area contributed by atoms with Gasteiger partial charge in [-0.25, -0.2) is 8.78 Å². The maximum atomic E-state index is 13.0. The Hall–Kier alpha value is -1.60. The fraction of sp³-hybridized carbons (Fsp3) is 0.684. The van der Waals surface area contributed by atoms with E-state index in [0.717, 1.165) is 24.2 Å². The lowest BCUT2D eigenvalue weighted by Crippen LogP contribution is -2.68. The topological polar surface area (TPSA) is 51.7 Å². The zero-order chi connectivity index (χ0) is 18.4. The van der Waals surface area contributed by atoms with Crippen LogP contribution in [-0.4, -0.2) is 53.1 Å². The molecule has 142 valence electrons. The van der Waals surface area contributed by atoms with Crippen molar-refractivity contribution in [2.45, 2.75) is 56.8 Å². The van der Waals surface area contributed by atoms with Crippen LogP contribution in [-0.2, 0) is 20.9 Å². The Kier molecular flexibility index (Phi) is 4.47. The summed E-state index contributed by atoms with van der Waals surface area (Å²) in [6, 6.07) is 5.86. The number of hydrogen-bond donors (Lipinski definition) is 0. The van der Waals surface area contributed by atoms with Crippen molar-refractivity contribution in [2.24, 2.45) is 5.92 Å². The first-order valence-corrected chi connectivity index (χ1v) is 9.19. The Morgan fingerprint density at radius 2 is 2.12 bits per heavy atom. The van der Waals surface area contributed by atoms with Crippen LogP contribution in [0.4, 0.5) is 8.78 Å². The minimum Gasteiger partial charge on any atom is -0.372 e. The number of halogens is 2. The molecule has 4 rings (SSSR count). The van der Waals surface area contributed by atoms with Gasteiger partial charge in [0, 0.05) is 37.5 Å². The average molecular weight is 366 g/mol. The van der Waals surface area contributed by atoms with Gasteiger partial charge in [-0.2, -0.15) is 0 Å². The predicted octanol–water partition coefficient (Wildman–Crippen LogP) is 2.71. The van der Waals surface area contributed by atoms with E-state index >= 15 is 0 Å². The van der Waals surface area contributed by atoms with Crippen LogP contribution >= 0.6 is 0 Å². The molecule has 7 heteroatoms. The van der Waals surface area contributed by atoms with Crippen molar-refractivity contribution in [3.63, 3.8) is 0 Å². The molecule has 1 saturated carbocycles. The molecule has 1 spiro atoms. The number of likely N-dealkylation sites (tertiary alicyclic amines) is 1. The molecule has 2 aliphatic heterocycles. The van der Waals surface area contributed by atoms with Gasteiger partial charge in [-0.05, 0) is 25.5 Å². The third-order valence-corrected chi connectivity index (χ3v) is 5.57. The summed E-state index contributed by atoms with van der Waals surface area (Å²) in [6.45, 7) is 3.97. The molecule has 0 radical (unpaired) electrons. The fourth-order valence-corrected chi connectivity index (χ4v) is 4.13. The summed E-state index contributed by atoms with van der Waals surface area (Å²) in [7, 11) is 0. The van der Waals surface area contributed by atoms with Crippen LogP contribution in [0.25, 0.3) is 0 Å². The van der Waals surface area contributed by atoms with Gasteiger partial charge in [-0.1, -0.05) is 6.07 Å². The molecule has 1 aromatic rings. The minimum atomic E-state index is -2.66. The van der Waals surface area contributed by atoms with Crippen molar-refractivity contribution < 1.29 is 23.0 Å². The molecule has 1 aromatic heterocycles. The summed E-state index contributed by atoms with van der Waals surface area (Å²) >= 11 is 0. The van der Waals surface area contributed by atoms with E-state index in [4.69, 9.17) is 9.47 Å². The largest absolute Gasteiger partial charge is 0.372 e. The van der Waals surface area contributed by atoms with Gasteiger partial charge in [0.05, 0.1) is 31.5 Å². The number of pyridine rings is 1. The van der Waals surface area contributed by atoms with Crippen LogP contribution in [0.15, 0.2) is 18.2 Å². The van der Waals surface area contributed by atoms with Crippen LogP contribution in [0.5, 0.6) is 0 Å². The molecule has 3 aliphatic rings. The Bertz CT molecular complexity index is 683. The highest BCUT2D eigenvalue weighted by Crippen LogP contribution is 2.45. The fourth-order valence-electron chi connectivity index (χ4n) is 4.13. The Balaban J connectivity index is 1.26. The van der Waals surface area contributed by atoms with E-state index in [2.05, 4.69) is 4.98 Å². The smallest absolute Gasteiger partial charge is 0.249 e. The summed E-state index contributed by atoms with van der Waals surface area (Å²) < 4.78 is 37.9. The summed E-state index contributed by atoms with van der Waals surface area (Å²) in [5.41, 5.74) is 1.50. The molecule has 5 nitrogen and oxygen atoms in total. The van der Waals surface area contributed by atoms with E-state index in [1.54, 1.807) is 4.90 Å². The number of rotatable bonds is 4. The first-order chi connectivity index (χ1) is 12.3. The maximum Gasteiger partial charge on any atom is 0.249 e. The zero-order valence-electron chi connectivity index (χ0n) is 14.9. The highest BCUT2D eigenvalue weighted by Gasteiger charge is 2.55. The molecule has 1 aliphatic carbocycles. The molecular weight excluding hydrogens is 342 g/mol. The van der Waals surface area contributed by atoms with Gasteiger partial charge in [0.1, 0.15) is 5.60 Å². The second-order valence-corrected chi connectivity index (χ2v) is 7.88. The maximum absolute atomic E-state index is 13.0. The SMILES string of the molecule is Cc1cccc(COC2CCOC3(C2)CN(C(=O)C2CC(F)(F)C2)C3)n1. The van der Waals surface area contributed by atoms with E-state index < -0.39 is 11.8 Å². The number of carbonyl (C=O) groups is 1. The number of nitrogens with zero attached hydrogens (tertiary/aromatic N) is 2. The van der Waals surface area contributed by atoms with Gasteiger partial charge in [0.2, 0.25) is 11.8 Å². The van der Waals surface area contributed by atoms with E-state index in [9.17, 15) is 13.6 Å². The summed E-state index contributed by atoms with van der Waals surface area (Å²) in [6.07, 6.45) is 0.979. The van der Waals surface area contributed by atoms with Crippen LogP contribution in [0.1, 0.15) is 37.1 Å². The van der Waals surface area contributed by atoms with Gasteiger partial charge in [0.25, 0.3) is 0 Å². The van der Waals surface area contributed by atoms with Crippen molar-refractivity contribution in [3.05, 3.63) is 29.6 Å². The van der Waals surface area contributed by atoms with Gasteiger partial charge < -0.3 is 14.4 Å². The molecule has 0 bridgehead atoms. The van der Waals surface area contributed by atoms with E-state index in [-0.39, 0.29) is 30.5 Å². The standard InChI is InChI=1S/C19H24F2N2O3/c1-13-3-2-4-15(22-13)10-25-16-5-6-26-18(9-16)11-23(12-18)17(24)14-7-19(20,21)8-14/h2-4,14,16H,5-12H2,1H3. The molecule has 1 unspecified atom stereocenters. The summed E-state index contributed by atoms with van der Waals surface area (Å²) in [5, 5.41) is 0. The highest BCUT2D eigenvalue weighted by atomic mass is 19.3. The Morgan fingerprint density at radius 3 is 2.81 bits per heavy atom. The van der Waals surface area contributed by atoms with Gasteiger partial charge in [0.15, 0.2) is 0 Å². The van der Waals surface area contributed by atoms with Gasteiger partial charge in [-0.3, -0.25) is 9.78 Å². The van der Waals surface area contributed by atoms with Crippen molar-refractivity contribution >= 4 is 5.91 Å². The average Bonchev–Trinajstić information content (AvgIpc) is 2.55. The summed E-state index contributed by atoms with van der Waals surface area (Å²) in [5.74, 6) is -3.34. The van der Waals surface area contributed by atoms with E-state index in [0.29, 0.717) is 26.3 Å². The number of amides is 1. The van der Waals surface area contributed by atoms with E-state index in [1.807, 2.05) is 25.1 Å². The molecular formula is C19H24F2N2O3. The molecule has 3 fully saturated rings. The molecule has 2 saturated heterocycles. The second-order valence-electron chi connectivity index (χ2n) is 7.88. The highest BCUT2D eigenvalue weighted by molar-refractivity contribution is 5.81. The quantitative estimate of drug-likeness (QED) is 0.822.